The molecular formula is C13H17NO3S. The summed E-state index contributed by atoms with van der Waals surface area (Å²) in [6.45, 7) is 3.23. The Balaban J connectivity index is 2.45. The molecule has 0 bridgehead atoms. The summed E-state index contributed by atoms with van der Waals surface area (Å²) in [6, 6.07) is 9.62. The maximum atomic E-state index is 11.7. The highest BCUT2D eigenvalue weighted by Crippen LogP contribution is 2.16. The summed E-state index contributed by atoms with van der Waals surface area (Å²) in [5, 5.41) is 2.64. The molecule has 0 saturated heterocycles. The van der Waals surface area contributed by atoms with Gasteiger partial charge in [0.05, 0.1) is 12.9 Å². The van der Waals surface area contributed by atoms with Crippen molar-refractivity contribution in [1.29, 1.82) is 0 Å². The van der Waals surface area contributed by atoms with Crippen molar-refractivity contribution in [2.45, 2.75) is 24.3 Å². The van der Waals surface area contributed by atoms with Gasteiger partial charge in [0, 0.05) is 4.90 Å². The van der Waals surface area contributed by atoms with Gasteiger partial charge in [-0.05, 0) is 26.0 Å². The van der Waals surface area contributed by atoms with Crippen molar-refractivity contribution < 1.29 is 14.3 Å². The zero-order valence-corrected chi connectivity index (χ0v) is 11.5. The summed E-state index contributed by atoms with van der Waals surface area (Å²) in [7, 11) is 1.30. The molecule has 0 spiro atoms. The molecule has 1 amide bonds. The molecule has 0 heterocycles. The van der Waals surface area contributed by atoms with Crippen LogP contribution in [0.5, 0.6) is 0 Å². The van der Waals surface area contributed by atoms with Crippen LogP contribution >= 0.6 is 11.8 Å². The first-order chi connectivity index (χ1) is 8.45. The molecule has 0 aromatic heterocycles. The van der Waals surface area contributed by atoms with E-state index in [0.717, 1.165) is 4.90 Å². The molecule has 1 aromatic carbocycles. The Kier molecular flexibility index (Phi) is 5.22. The summed E-state index contributed by atoms with van der Waals surface area (Å²) in [5.74, 6) is -0.385. The fourth-order valence-corrected chi connectivity index (χ4v) is 2.08. The molecule has 0 fully saturated rings. The molecule has 18 heavy (non-hydrogen) atoms. The van der Waals surface area contributed by atoms with Crippen molar-refractivity contribution in [3.8, 4) is 0 Å². The molecule has 1 N–H and O–H groups in total. The number of carbonyl (C=O) groups is 2. The van der Waals surface area contributed by atoms with Gasteiger partial charge in [0.15, 0.2) is 0 Å². The van der Waals surface area contributed by atoms with Crippen LogP contribution in [-0.2, 0) is 14.3 Å². The molecule has 0 aliphatic heterocycles. The van der Waals surface area contributed by atoms with Crippen LogP contribution in [0.1, 0.15) is 13.8 Å². The van der Waals surface area contributed by atoms with Crippen molar-refractivity contribution in [1.82, 2.24) is 5.32 Å². The summed E-state index contributed by atoms with van der Waals surface area (Å²) < 4.78 is 4.62. The number of amides is 1. The van der Waals surface area contributed by atoms with E-state index in [2.05, 4.69) is 10.1 Å². The highest BCUT2D eigenvalue weighted by molar-refractivity contribution is 8.00. The predicted molar refractivity (Wildman–Crippen MR) is 71.4 cm³/mol. The zero-order valence-electron chi connectivity index (χ0n) is 10.7. The van der Waals surface area contributed by atoms with Gasteiger partial charge >= 0.3 is 5.97 Å². The Bertz CT molecular complexity index is 418. The lowest BCUT2D eigenvalue weighted by atomic mass is 10.1. The van der Waals surface area contributed by atoms with E-state index in [0.29, 0.717) is 0 Å². The maximum Gasteiger partial charge on any atom is 0.330 e. The first kappa shape index (κ1) is 14.6. The predicted octanol–water partition coefficient (Wildman–Crippen LogP) is 1.85. The number of methoxy groups -OCH3 is 1. The summed E-state index contributed by atoms with van der Waals surface area (Å²) in [5.41, 5.74) is -0.997. The Morgan fingerprint density at radius 2 is 1.89 bits per heavy atom. The van der Waals surface area contributed by atoms with E-state index in [1.807, 2.05) is 30.3 Å². The Morgan fingerprint density at radius 3 is 2.44 bits per heavy atom. The third-order valence-electron chi connectivity index (χ3n) is 2.26. The van der Waals surface area contributed by atoms with Gasteiger partial charge in [0.25, 0.3) is 0 Å². The van der Waals surface area contributed by atoms with Crippen LogP contribution in [0.3, 0.4) is 0 Å². The van der Waals surface area contributed by atoms with Gasteiger partial charge < -0.3 is 10.1 Å². The number of carbonyl (C=O) groups excluding carboxylic acids is 2. The Hall–Kier alpha value is -1.49. The van der Waals surface area contributed by atoms with Crippen molar-refractivity contribution >= 4 is 23.6 Å². The van der Waals surface area contributed by atoms with Gasteiger partial charge in [-0.25, -0.2) is 4.79 Å². The first-order valence-corrected chi connectivity index (χ1v) is 6.51. The molecule has 98 valence electrons. The largest absolute Gasteiger partial charge is 0.467 e. The molecular weight excluding hydrogens is 250 g/mol. The second-order valence-corrected chi connectivity index (χ2v) is 5.32. The second-order valence-electron chi connectivity index (χ2n) is 4.27. The van der Waals surface area contributed by atoms with Crippen LogP contribution in [0.25, 0.3) is 0 Å². The van der Waals surface area contributed by atoms with E-state index in [4.69, 9.17) is 0 Å². The Morgan fingerprint density at radius 1 is 1.28 bits per heavy atom. The van der Waals surface area contributed by atoms with Crippen LogP contribution in [0, 0.1) is 0 Å². The molecule has 1 rings (SSSR count). The number of ether oxygens (including phenoxy) is 1. The lowest BCUT2D eigenvalue weighted by Crippen LogP contribution is -2.50. The van der Waals surface area contributed by atoms with Gasteiger partial charge in [-0.1, -0.05) is 18.2 Å². The van der Waals surface area contributed by atoms with Gasteiger partial charge in [0.2, 0.25) is 5.91 Å². The highest BCUT2D eigenvalue weighted by Gasteiger charge is 2.30. The molecule has 0 saturated carbocycles. The summed E-state index contributed by atoms with van der Waals surface area (Å²) in [4.78, 5) is 24.1. The second kappa shape index (κ2) is 6.44. The molecule has 0 aliphatic rings. The van der Waals surface area contributed by atoms with E-state index >= 15 is 0 Å². The fourth-order valence-electron chi connectivity index (χ4n) is 1.36. The smallest absolute Gasteiger partial charge is 0.330 e. The first-order valence-electron chi connectivity index (χ1n) is 5.53. The number of benzene rings is 1. The van der Waals surface area contributed by atoms with Gasteiger partial charge in [0.1, 0.15) is 5.54 Å². The molecule has 5 heteroatoms. The monoisotopic (exact) mass is 267 g/mol. The molecule has 1 aromatic rings. The van der Waals surface area contributed by atoms with Crippen LogP contribution in [-0.4, -0.2) is 30.3 Å². The van der Waals surface area contributed by atoms with Gasteiger partial charge in [-0.15, -0.1) is 11.8 Å². The SMILES string of the molecule is COC(=O)C(C)(C)NC(=O)CSc1ccccc1. The highest BCUT2D eigenvalue weighted by atomic mass is 32.2. The minimum atomic E-state index is -0.997. The molecule has 0 aliphatic carbocycles. The van der Waals surface area contributed by atoms with Gasteiger partial charge in [-0.2, -0.15) is 0 Å². The van der Waals surface area contributed by atoms with Crippen LogP contribution in [0.2, 0.25) is 0 Å². The standard InChI is InChI=1S/C13H17NO3S/c1-13(2,12(16)17-3)14-11(15)9-18-10-7-5-4-6-8-10/h4-8H,9H2,1-3H3,(H,14,15). The normalized spacial score (nSPS) is 10.8. The summed E-state index contributed by atoms with van der Waals surface area (Å²) in [6.07, 6.45) is 0. The lowest BCUT2D eigenvalue weighted by Gasteiger charge is -2.22. The Labute approximate surface area is 111 Å². The number of rotatable bonds is 5. The minimum Gasteiger partial charge on any atom is -0.467 e. The summed E-state index contributed by atoms with van der Waals surface area (Å²) >= 11 is 1.42. The fraction of sp³-hybridized carbons (Fsp3) is 0.385. The molecule has 0 radical (unpaired) electrons. The van der Waals surface area contributed by atoms with Crippen molar-refractivity contribution in [2.75, 3.05) is 12.9 Å². The van der Waals surface area contributed by atoms with Crippen molar-refractivity contribution in [2.24, 2.45) is 0 Å². The minimum absolute atomic E-state index is 0.195. The third kappa shape index (κ3) is 4.41. The maximum absolute atomic E-state index is 11.7. The van der Waals surface area contributed by atoms with Crippen LogP contribution in [0.15, 0.2) is 35.2 Å². The number of thioether (sulfide) groups is 1. The number of nitrogens with one attached hydrogen (secondary N) is 1. The van der Waals surface area contributed by atoms with E-state index in [1.165, 1.54) is 18.9 Å². The van der Waals surface area contributed by atoms with Crippen molar-refractivity contribution in [3.63, 3.8) is 0 Å². The number of esters is 1. The quantitative estimate of drug-likeness (QED) is 0.653. The molecule has 0 atom stereocenters. The van der Waals surface area contributed by atoms with E-state index in [-0.39, 0.29) is 11.7 Å². The number of hydrogen-bond donors (Lipinski definition) is 1. The van der Waals surface area contributed by atoms with Crippen molar-refractivity contribution in [3.05, 3.63) is 30.3 Å². The molecule has 0 unspecified atom stereocenters. The van der Waals surface area contributed by atoms with E-state index in [9.17, 15) is 9.59 Å². The lowest BCUT2D eigenvalue weighted by molar-refractivity contribution is -0.149. The van der Waals surface area contributed by atoms with E-state index in [1.54, 1.807) is 13.8 Å². The van der Waals surface area contributed by atoms with Crippen LogP contribution < -0.4 is 5.32 Å². The topological polar surface area (TPSA) is 55.4 Å². The van der Waals surface area contributed by atoms with Crippen LogP contribution in [0.4, 0.5) is 0 Å². The zero-order chi connectivity index (χ0) is 13.6. The molecule has 4 nitrogen and oxygen atoms in total. The van der Waals surface area contributed by atoms with E-state index < -0.39 is 11.5 Å². The average molecular weight is 267 g/mol. The number of hydrogen-bond acceptors (Lipinski definition) is 4. The average Bonchev–Trinajstić information content (AvgIpc) is 2.36. The third-order valence-corrected chi connectivity index (χ3v) is 3.27. The van der Waals surface area contributed by atoms with Gasteiger partial charge in [-0.3, -0.25) is 4.79 Å².